The first kappa shape index (κ1) is 13.7. The summed E-state index contributed by atoms with van der Waals surface area (Å²) in [5.74, 6) is -0.0348. The van der Waals surface area contributed by atoms with Crippen molar-refractivity contribution < 1.29 is 4.79 Å². The molecular formula is C10H18BrN3OS. The summed E-state index contributed by atoms with van der Waals surface area (Å²) in [6.45, 7) is 7.92. The SMILES string of the molecule is CC(C)(C)NC(=S)NNC(=O)[C@@]1(C)C[C@@H]1Br. The fourth-order valence-corrected chi connectivity index (χ4v) is 2.41. The third kappa shape index (κ3) is 3.59. The standard InChI is InChI=1S/C10H18BrN3OS/c1-9(2,3)12-8(16)14-13-7(15)10(4)5-6(10)11/h6H,5H2,1-4H3,(H,13,15)(H2,12,14,16)/t6-,10-/m0/s1. The van der Waals surface area contributed by atoms with E-state index < -0.39 is 0 Å². The van der Waals surface area contributed by atoms with Gasteiger partial charge >= 0.3 is 0 Å². The highest BCUT2D eigenvalue weighted by Gasteiger charge is 2.54. The van der Waals surface area contributed by atoms with E-state index in [-0.39, 0.29) is 21.7 Å². The first-order valence-electron chi connectivity index (χ1n) is 5.18. The summed E-state index contributed by atoms with van der Waals surface area (Å²) in [6.07, 6.45) is 0.861. The van der Waals surface area contributed by atoms with Crippen LogP contribution in [-0.2, 0) is 4.79 Å². The van der Waals surface area contributed by atoms with Crippen molar-refractivity contribution in [1.82, 2.24) is 16.2 Å². The van der Waals surface area contributed by atoms with Crippen LogP contribution in [0.4, 0.5) is 0 Å². The van der Waals surface area contributed by atoms with Gasteiger partial charge in [0.15, 0.2) is 5.11 Å². The molecule has 0 spiro atoms. The van der Waals surface area contributed by atoms with Gasteiger partial charge in [-0.25, -0.2) is 0 Å². The molecule has 1 amide bonds. The second-order valence-corrected chi connectivity index (χ2v) is 6.89. The lowest BCUT2D eigenvalue weighted by Gasteiger charge is -2.23. The minimum Gasteiger partial charge on any atom is -0.357 e. The molecule has 3 N–H and O–H groups in total. The van der Waals surface area contributed by atoms with E-state index in [0.29, 0.717) is 5.11 Å². The number of carbonyl (C=O) groups is 1. The Kier molecular flexibility index (Phi) is 3.84. The maximum atomic E-state index is 11.7. The number of rotatable bonds is 1. The Balaban J connectivity index is 2.30. The number of nitrogens with one attached hydrogen (secondary N) is 3. The van der Waals surface area contributed by atoms with E-state index in [4.69, 9.17) is 12.2 Å². The van der Waals surface area contributed by atoms with Crippen LogP contribution in [0.2, 0.25) is 0 Å². The number of hydrogen-bond donors (Lipinski definition) is 3. The molecule has 0 aromatic heterocycles. The van der Waals surface area contributed by atoms with Crippen molar-refractivity contribution in [1.29, 1.82) is 0 Å². The van der Waals surface area contributed by atoms with Crippen LogP contribution in [0.1, 0.15) is 34.1 Å². The molecule has 0 aliphatic heterocycles. The summed E-state index contributed by atoms with van der Waals surface area (Å²) in [6, 6.07) is 0. The Hall–Kier alpha value is -0.360. The second-order valence-electron chi connectivity index (χ2n) is 5.37. The summed E-state index contributed by atoms with van der Waals surface area (Å²) in [4.78, 5) is 12.0. The van der Waals surface area contributed by atoms with Crippen LogP contribution in [-0.4, -0.2) is 21.4 Å². The summed E-state index contributed by atoms with van der Waals surface area (Å²) in [5.41, 5.74) is 4.91. The number of halogens is 1. The second kappa shape index (κ2) is 4.49. The largest absolute Gasteiger partial charge is 0.357 e. The van der Waals surface area contributed by atoms with Gasteiger partial charge in [0.25, 0.3) is 0 Å². The third-order valence-electron chi connectivity index (χ3n) is 2.43. The number of alkyl halides is 1. The van der Waals surface area contributed by atoms with Crippen LogP contribution >= 0.6 is 28.1 Å². The van der Waals surface area contributed by atoms with Crippen molar-refractivity contribution in [3.63, 3.8) is 0 Å². The van der Waals surface area contributed by atoms with E-state index in [0.717, 1.165) is 6.42 Å². The van der Waals surface area contributed by atoms with Gasteiger partial charge in [-0.3, -0.25) is 15.6 Å². The molecule has 0 radical (unpaired) electrons. The molecule has 0 aromatic carbocycles. The van der Waals surface area contributed by atoms with Crippen LogP contribution in [0.25, 0.3) is 0 Å². The number of hydrazine groups is 1. The maximum Gasteiger partial charge on any atom is 0.245 e. The molecule has 0 heterocycles. The van der Waals surface area contributed by atoms with Gasteiger partial charge in [-0.1, -0.05) is 15.9 Å². The van der Waals surface area contributed by atoms with E-state index in [2.05, 4.69) is 32.1 Å². The van der Waals surface area contributed by atoms with Crippen LogP contribution in [0.3, 0.4) is 0 Å². The zero-order valence-corrected chi connectivity index (χ0v) is 12.4. The average molecular weight is 308 g/mol. The highest BCUT2D eigenvalue weighted by molar-refractivity contribution is 9.09. The molecule has 1 saturated carbocycles. The Morgan fingerprint density at radius 1 is 1.44 bits per heavy atom. The van der Waals surface area contributed by atoms with Crippen molar-refractivity contribution in [3.05, 3.63) is 0 Å². The van der Waals surface area contributed by atoms with E-state index in [9.17, 15) is 4.79 Å². The first-order valence-corrected chi connectivity index (χ1v) is 6.50. The lowest BCUT2D eigenvalue weighted by molar-refractivity contribution is -0.126. The smallest absolute Gasteiger partial charge is 0.245 e. The minimum atomic E-state index is -0.301. The zero-order valence-electron chi connectivity index (χ0n) is 9.98. The van der Waals surface area contributed by atoms with Crippen molar-refractivity contribution in [3.8, 4) is 0 Å². The lowest BCUT2D eigenvalue weighted by Crippen LogP contribution is -2.53. The van der Waals surface area contributed by atoms with Gasteiger partial charge in [0.2, 0.25) is 5.91 Å². The van der Waals surface area contributed by atoms with E-state index >= 15 is 0 Å². The van der Waals surface area contributed by atoms with E-state index in [1.807, 2.05) is 27.7 Å². The molecule has 0 unspecified atom stereocenters. The van der Waals surface area contributed by atoms with Crippen LogP contribution in [0, 0.1) is 5.41 Å². The molecule has 2 atom stereocenters. The Morgan fingerprint density at radius 2 is 1.94 bits per heavy atom. The molecular weight excluding hydrogens is 290 g/mol. The zero-order chi connectivity index (χ0) is 12.6. The normalized spacial score (nSPS) is 28.2. The van der Waals surface area contributed by atoms with Crippen molar-refractivity contribution in [2.45, 2.75) is 44.5 Å². The first-order chi connectivity index (χ1) is 7.15. The van der Waals surface area contributed by atoms with E-state index in [1.165, 1.54) is 0 Å². The third-order valence-corrected chi connectivity index (χ3v) is 3.97. The van der Waals surface area contributed by atoms with Crippen LogP contribution in [0.15, 0.2) is 0 Å². The average Bonchev–Trinajstić information content (AvgIpc) is 2.69. The maximum absolute atomic E-state index is 11.7. The van der Waals surface area contributed by atoms with Gasteiger partial charge < -0.3 is 5.32 Å². The molecule has 0 bridgehead atoms. The molecule has 16 heavy (non-hydrogen) atoms. The van der Waals surface area contributed by atoms with Gasteiger partial charge in [0.05, 0.1) is 5.41 Å². The molecule has 0 saturated heterocycles. The van der Waals surface area contributed by atoms with Crippen LogP contribution in [0.5, 0.6) is 0 Å². The molecule has 92 valence electrons. The lowest BCUT2D eigenvalue weighted by atomic mass is 10.1. The molecule has 0 aromatic rings. The van der Waals surface area contributed by atoms with Gasteiger partial charge in [-0.15, -0.1) is 0 Å². The van der Waals surface area contributed by atoms with E-state index in [1.54, 1.807) is 0 Å². The highest BCUT2D eigenvalue weighted by Crippen LogP contribution is 2.51. The fourth-order valence-electron chi connectivity index (χ4n) is 1.18. The Bertz CT molecular complexity index is 316. The number of carbonyl (C=O) groups excluding carboxylic acids is 1. The van der Waals surface area contributed by atoms with Gasteiger partial charge in [-0.2, -0.15) is 0 Å². The summed E-state index contributed by atoms with van der Waals surface area (Å²) >= 11 is 8.47. The minimum absolute atomic E-state index is 0.0348. The van der Waals surface area contributed by atoms with Crippen molar-refractivity contribution in [2.75, 3.05) is 0 Å². The summed E-state index contributed by atoms with van der Waals surface area (Å²) < 4.78 is 0. The molecule has 4 nitrogen and oxygen atoms in total. The predicted molar refractivity (Wildman–Crippen MR) is 72.2 cm³/mol. The van der Waals surface area contributed by atoms with Gasteiger partial charge in [0, 0.05) is 10.4 Å². The van der Waals surface area contributed by atoms with Crippen molar-refractivity contribution in [2.24, 2.45) is 5.41 Å². The molecule has 1 rings (SSSR count). The van der Waals surface area contributed by atoms with Gasteiger partial charge in [-0.05, 0) is 46.3 Å². The topological polar surface area (TPSA) is 53.2 Å². The Labute approximate surface area is 110 Å². The fraction of sp³-hybridized carbons (Fsp3) is 0.800. The quantitative estimate of drug-likeness (QED) is 0.390. The van der Waals surface area contributed by atoms with Crippen LogP contribution < -0.4 is 16.2 Å². The molecule has 1 aliphatic rings. The Morgan fingerprint density at radius 3 is 2.31 bits per heavy atom. The summed E-state index contributed by atoms with van der Waals surface area (Å²) in [7, 11) is 0. The monoisotopic (exact) mass is 307 g/mol. The molecule has 6 heteroatoms. The predicted octanol–water partition coefficient (Wildman–Crippen LogP) is 1.45. The van der Waals surface area contributed by atoms with Crippen molar-refractivity contribution >= 4 is 39.2 Å². The molecule has 1 fully saturated rings. The highest BCUT2D eigenvalue weighted by atomic mass is 79.9. The molecule has 1 aliphatic carbocycles. The van der Waals surface area contributed by atoms with Gasteiger partial charge in [0.1, 0.15) is 0 Å². The number of amides is 1. The summed E-state index contributed by atoms with van der Waals surface area (Å²) in [5, 5.41) is 3.48. The number of hydrogen-bond acceptors (Lipinski definition) is 2. The number of thiocarbonyl (C=S) groups is 1.